The van der Waals surface area contributed by atoms with Gasteiger partial charge >= 0.3 is 0 Å². The summed E-state index contributed by atoms with van der Waals surface area (Å²) in [6, 6.07) is 7.81. The molecule has 2 aliphatic heterocycles. The molecule has 1 aliphatic carbocycles. The number of aryl methyl sites for hydroxylation is 1. The fourth-order valence-electron chi connectivity index (χ4n) is 4.86. The molecule has 1 aromatic carbocycles. The molecule has 1 N–H and O–H groups in total. The molecular weight excluding hydrogens is 396 g/mol. The SMILES string of the molecule is Cn1ncc(Cl)c1CC1c2ccccc2C(=O)N1CC1CC2(CNC(=O)S2)C1. The third kappa shape index (κ3) is 2.83. The van der Waals surface area contributed by atoms with E-state index in [9.17, 15) is 9.59 Å². The Morgan fingerprint density at radius 3 is 2.79 bits per heavy atom. The topological polar surface area (TPSA) is 67.2 Å². The van der Waals surface area contributed by atoms with E-state index < -0.39 is 0 Å². The molecule has 0 radical (unpaired) electrons. The van der Waals surface area contributed by atoms with Gasteiger partial charge in [-0.1, -0.05) is 41.6 Å². The predicted octanol–water partition coefficient (Wildman–Crippen LogP) is 3.42. The number of rotatable bonds is 4. The fourth-order valence-corrected chi connectivity index (χ4v) is 6.42. The number of halogens is 1. The monoisotopic (exact) mass is 416 g/mol. The third-order valence-corrected chi connectivity index (χ3v) is 7.78. The van der Waals surface area contributed by atoms with Gasteiger partial charge in [0.05, 0.1) is 23.0 Å². The van der Waals surface area contributed by atoms with Crippen LogP contribution in [0, 0.1) is 5.92 Å². The summed E-state index contributed by atoms with van der Waals surface area (Å²) in [4.78, 5) is 26.7. The Kier molecular flexibility index (Phi) is 4.21. The quantitative estimate of drug-likeness (QED) is 0.829. The van der Waals surface area contributed by atoms with Crippen LogP contribution in [0.25, 0.3) is 0 Å². The minimum Gasteiger partial charge on any atom is -0.346 e. The number of nitrogens with one attached hydrogen (secondary N) is 1. The zero-order valence-corrected chi connectivity index (χ0v) is 17.1. The number of nitrogens with zero attached hydrogens (tertiary/aromatic N) is 3. The molecule has 2 amide bonds. The largest absolute Gasteiger partial charge is 0.346 e. The molecule has 146 valence electrons. The third-order valence-electron chi connectivity index (χ3n) is 6.22. The second-order valence-electron chi connectivity index (χ2n) is 8.03. The number of amides is 2. The normalized spacial score (nSPS) is 28.6. The number of carbonyl (C=O) groups is 2. The van der Waals surface area contributed by atoms with E-state index in [4.69, 9.17) is 11.6 Å². The Hall–Kier alpha value is -1.99. The van der Waals surface area contributed by atoms with Crippen molar-refractivity contribution in [2.24, 2.45) is 13.0 Å². The average Bonchev–Trinajstić information content (AvgIpc) is 3.27. The van der Waals surface area contributed by atoms with Crippen molar-refractivity contribution in [3.63, 3.8) is 0 Å². The van der Waals surface area contributed by atoms with Crippen molar-refractivity contribution in [2.45, 2.75) is 30.1 Å². The van der Waals surface area contributed by atoms with E-state index in [1.807, 2.05) is 36.2 Å². The van der Waals surface area contributed by atoms with E-state index in [-0.39, 0.29) is 21.9 Å². The highest BCUT2D eigenvalue weighted by atomic mass is 35.5. The lowest BCUT2D eigenvalue weighted by atomic mass is 9.73. The molecule has 8 heteroatoms. The van der Waals surface area contributed by atoms with Gasteiger partial charge in [-0.25, -0.2) is 0 Å². The number of hydrogen-bond acceptors (Lipinski definition) is 4. The molecule has 1 aromatic heterocycles. The van der Waals surface area contributed by atoms with Gasteiger partial charge < -0.3 is 10.2 Å². The molecule has 1 saturated carbocycles. The number of fused-ring (bicyclic) bond motifs is 1. The minimum atomic E-state index is -0.0378. The van der Waals surface area contributed by atoms with Crippen LogP contribution in [0.1, 0.15) is 40.5 Å². The Labute approximate surface area is 172 Å². The summed E-state index contributed by atoms with van der Waals surface area (Å²) in [5, 5.41) is 7.87. The van der Waals surface area contributed by atoms with Crippen LogP contribution in [0.5, 0.6) is 0 Å². The summed E-state index contributed by atoms with van der Waals surface area (Å²) in [7, 11) is 1.88. The van der Waals surface area contributed by atoms with Crippen molar-refractivity contribution in [3.05, 3.63) is 52.3 Å². The molecule has 1 unspecified atom stereocenters. The maximum Gasteiger partial charge on any atom is 0.279 e. The second kappa shape index (κ2) is 6.52. The summed E-state index contributed by atoms with van der Waals surface area (Å²) < 4.78 is 1.83. The second-order valence-corrected chi connectivity index (χ2v) is 9.88. The van der Waals surface area contributed by atoms with Crippen LogP contribution < -0.4 is 5.32 Å². The molecule has 6 nitrogen and oxygen atoms in total. The minimum absolute atomic E-state index is 0.0378. The standard InChI is InChI=1S/C20H21ClN4O2S/c1-24-17(15(21)9-23-24)6-16-13-4-2-3-5-14(13)18(26)25(16)10-12-7-20(8-12)11-22-19(27)28-20/h2-5,9,12,16H,6-8,10-11H2,1H3,(H,22,27). The fraction of sp³-hybridized carbons (Fsp3) is 0.450. The van der Waals surface area contributed by atoms with E-state index in [0.717, 1.165) is 36.2 Å². The first-order chi connectivity index (χ1) is 13.5. The first kappa shape index (κ1) is 18.1. The highest BCUT2D eigenvalue weighted by Crippen LogP contribution is 2.51. The van der Waals surface area contributed by atoms with Crippen LogP contribution in [-0.4, -0.2) is 43.7 Å². The van der Waals surface area contributed by atoms with Crippen molar-refractivity contribution in [3.8, 4) is 0 Å². The molecule has 0 bridgehead atoms. The molecule has 1 saturated heterocycles. The maximum atomic E-state index is 13.1. The van der Waals surface area contributed by atoms with Crippen LogP contribution in [0.3, 0.4) is 0 Å². The average molecular weight is 417 g/mol. The molecule has 1 spiro atoms. The first-order valence-electron chi connectivity index (χ1n) is 9.49. The number of benzene rings is 1. The van der Waals surface area contributed by atoms with Crippen LogP contribution in [0.15, 0.2) is 30.5 Å². The first-order valence-corrected chi connectivity index (χ1v) is 10.7. The number of thioether (sulfide) groups is 1. The smallest absolute Gasteiger partial charge is 0.279 e. The van der Waals surface area contributed by atoms with Gasteiger partial charge in [0, 0.05) is 36.9 Å². The number of aromatic nitrogens is 2. The van der Waals surface area contributed by atoms with Crippen molar-refractivity contribution in [2.75, 3.05) is 13.1 Å². The lowest BCUT2D eigenvalue weighted by molar-refractivity contribution is 0.0619. The molecule has 3 heterocycles. The summed E-state index contributed by atoms with van der Waals surface area (Å²) in [5.41, 5.74) is 2.78. The molecule has 5 rings (SSSR count). The molecule has 28 heavy (non-hydrogen) atoms. The van der Waals surface area contributed by atoms with Gasteiger partial charge in [0.25, 0.3) is 11.1 Å². The molecular formula is C20H21ClN4O2S. The zero-order chi connectivity index (χ0) is 19.5. The Bertz CT molecular complexity index is 949. The summed E-state index contributed by atoms with van der Waals surface area (Å²) in [5.74, 6) is 0.510. The van der Waals surface area contributed by atoms with Gasteiger partial charge in [-0.3, -0.25) is 14.3 Å². The van der Waals surface area contributed by atoms with Gasteiger partial charge in [0.15, 0.2) is 0 Å². The van der Waals surface area contributed by atoms with E-state index in [1.165, 1.54) is 11.8 Å². The van der Waals surface area contributed by atoms with Crippen LogP contribution in [-0.2, 0) is 13.5 Å². The van der Waals surface area contributed by atoms with Gasteiger partial charge in [-0.15, -0.1) is 0 Å². The molecule has 2 fully saturated rings. The zero-order valence-electron chi connectivity index (χ0n) is 15.5. The van der Waals surface area contributed by atoms with E-state index in [2.05, 4.69) is 10.4 Å². The molecule has 1 atom stereocenters. The number of hydrogen-bond donors (Lipinski definition) is 1. The van der Waals surface area contributed by atoms with Gasteiger partial charge in [-0.05, 0) is 30.4 Å². The maximum absolute atomic E-state index is 13.1. The van der Waals surface area contributed by atoms with E-state index >= 15 is 0 Å². The van der Waals surface area contributed by atoms with Crippen LogP contribution >= 0.6 is 23.4 Å². The Balaban J connectivity index is 1.38. The summed E-state index contributed by atoms with van der Waals surface area (Å²) in [6.45, 7) is 1.46. The summed E-state index contributed by atoms with van der Waals surface area (Å²) >= 11 is 7.78. The molecule has 3 aliphatic rings. The van der Waals surface area contributed by atoms with E-state index in [1.54, 1.807) is 10.9 Å². The van der Waals surface area contributed by atoms with Crippen molar-refractivity contribution in [1.82, 2.24) is 20.0 Å². The van der Waals surface area contributed by atoms with E-state index in [0.29, 0.717) is 23.9 Å². The Morgan fingerprint density at radius 2 is 2.11 bits per heavy atom. The lowest BCUT2D eigenvalue weighted by Gasteiger charge is -2.45. The van der Waals surface area contributed by atoms with Gasteiger partial charge in [0.1, 0.15) is 0 Å². The van der Waals surface area contributed by atoms with Gasteiger partial charge in [0.2, 0.25) is 0 Å². The Morgan fingerprint density at radius 1 is 1.32 bits per heavy atom. The van der Waals surface area contributed by atoms with Gasteiger partial charge in [-0.2, -0.15) is 5.10 Å². The van der Waals surface area contributed by atoms with Crippen molar-refractivity contribution >= 4 is 34.5 Å². The highest BCUT2D eigenvalue weighted by molar-refractivity contribution is 8.15. The van der Waals surface area contributed by atoms with Crippen molar-refractivity contribution in [1.29, 1.82) is 0 Å². The van der Waals surface area contributed by atoms with Crippen LogP contribution in [0.4, 0.5) is 4.79 Å². The summed E-state index contributed by atoms with van der Waals surface area (Å²) in [6.07, 6.45) is 4.23. The van der Waals surface area contributed by atoms with Crippen LogP contribution in [0.2, 0.25) is 5.02 Å². The van der Waals surface area contributed by atoms with Crippen molar-refractivity contribution < 1.29 is 9.59 Å². The highest BCUT2D eigenvalue weighted by Gasteiger charge is 2.51. The molecule has 2 aromatic rings. The number of carbonyl (C=O) groups excluding carboxylic acids is 2. The lowest BCUT2D eigenvalue weighted by Crippen LogP contribution is -2.48. The predicted molar refractivity (Wildman–Crippen MR) is 109 cm³/mol.